The molecule has 0 radical (unpaired) electrons. The second kappa shape index (κ2) is 3.84. The number of aromatic nitrogens is 2. The molecule has 0 aliphatic heterocycles. The van der Waals surface area contributed by atoms with Gasteiger partial charge in [0.2, 0.25) is 0 Å². The minimum absolute atomic E-state index is 0.0990. The standard InChI is InChI=1S/C15H20N2O2/c18-14(19)6-13-1-2-16-17(13)15-7-10-3-11(8-15)5-12(4-10)9-15/h1-2,10-12H,3-9H2,(H,18,19). The van der Waals surface area contributed by atoms with Crippen LogP contribution in [-0.2, 0) is 16.8 Å². The maximum absolute atomic E-state index is 11.0. The van der Waals surface area contributed by atoms with Gasteiger partial charge in [0.15, 0.2) is 0 Å². The summed E-state index contributed by atoms with van der Waals surface area (Å²) in [4.78, 5) is 11.0. The number of nitrogens with zero attached hydrogens (tertiary/aromatic N) is 2. The summed E-state index contributed by atoms with van der Waals surface area (Å²) in [7, 11) is 0. The molecule has 4 nitrogen and oxygen atoms in total. The molecular weight excluding hydrogens is 240 g/mol. The van der Waals surface area contributed by atoms with Crippen molar-refractivity contribution in [3.8, 4) is 0 Å². The van der Waals surface area contributed by atoms with Gasteiger partial charge in [-0.25, -0.2) is 0 Å². The Labute approximate surface area is 112 Å². The SMILES string of the molecule is O=C(O)Cc1ccnn1C12CC3CC(CC(C3)C1)C2. The molecule has 4 heteroatoms. The third kappa shape index (κ3) is 1.72. The maximum Gasteiger partial charge on any atom is 0.309 e. The predicted octanol–water partition coefficient (Wildman–Crippen LogP) is 2.44. The Morgan fingerprint density at radius 2 is 1.84 bits per heavy atom. The quantitative estimate of drug-likeness (QED) is 0.908. The lowest BCUT2D eigenvalue weighted by molar-refractivity contribution is -0.136. The van der Waals surface area contributed by atoms with E-state index >= 15 is 0 Å². The molecule has 4 fully saturated rings. The van der Waals surface area contributed by atoms with Crippen LogP contribution in [0.3, 0.4) is 0 Å². The fourth-order valence-electron chi connectivity index (χ4n) is 5.37. The topological polar surface area (TPSA) is 55.1 Å². The molecule has 4 bridgehead atoms. The molecule has 19 heavy (non-hydrogen) atoms. The zero-order valence-electron chi connectivity index (χ0n) is 11.1. The van der Waals surface area contributed by atoms with E-state index in [-0.39, 0.29) is 12.0 Å². The summed E-state index contributed by atoms with van der Waals surface area (Å²) in [5.74, 6) is 1.81. The van der Waals surface area contributed by atoms with Crippen molar-refractivity contribution >= 4 is 5.97 Å². The Morgan fingerprint density at radius 3 is 2.37 bits per heavy atom. The molecule has 0 amide bonds. The highest BCUT2D eigenvalue weighted by atomic mass is 16.4. The van der Waals surface area contributed by atoms with E-state index in [1.807, 2.05) is 6.07 Å². The molecule has 4 aliphatic carbocycles. The average Bonchev–Trinajstić information content (AvgIpc) is 2.74. The van der Waals surface area contributed by atoms with Crippen LogP contribution < -0.4 is 0 Å². The molecule has 102 valence electrons. The van der Waals surface area contributed by atoms with Crippen molar-refractivity contribution in [2.75, 3.05) is 0 Å². The number of carboxylic acid groups (broad SMARTS) is 1. The normalized spacial score (nSPS) is 39.7. The van der Waals surface area contributed by atoms with Crippen molar-refractivity contribution < 1.29 is 9.90 Å². The Hall–Kier alpha value is -1.32. The van der Waals surface area contributed by atoms with E-state index in [2.05, 4.69) is 9.78 Å². The van der Waals surface area contributed by atoms with E-state index in [1.165, 1.54) is 38.5 Å². The first kappa shape index (κ1) is 11.5. The third-order valence-corrected chi connectivity index (χ3v) is 5.51. The van der Waals surface area contributed by atoms with Gasteiger partial charge < -0.3 is 5.11 Å². The lowest BCUT2D eigenvalue weighted by atomic mass is 9.53. The van der Waals surface area contributed by atoms with Crippen LogP contribution >= 0.6 is 0 Å². The Bertz CT molecular complexity index is 485. The van der Waals surface area contributed by atoms with Crippen molar-refractivity contribution in [3.63, 3.8) is 0 Å². The number of rotatable bonds is 3. The molecule has 1 aromatic heterocycles. The summed E-state index contributed by atoms with van der Waals surface area (Å²) in [6.45, 7) is 0. The molecule has 0 atom stereocenters. The number of hydrogen-bond acceptors (Lipinski definition) is 2. The second-order valence-electron chi connectivity index (χ2n) is 6.95. The Morgan fingerprint density at radius 1 is 1.26 bits per heavy atom. The van der Waals surface area contributed by atoms with E-state index in [0.29, 0.717) is 0 Å². The fourth-order valence-corrected chi connectivity index (χ4v) is 5.37. The van der Waals surface area contributed by atoms with Crippen LogP contribution in [0.25, 0.3) is 0 Å². The fraction of sp³-hybridized carbons (Fsp3) is 0.733. The molecule has 1 N–H and O–H groups in total. The Kier molecular flexibility index (Phi) is 2.32. The van der Waals surface area contributed by atoms with Crippen LogP contribution in [0.2, 0.25) is 0 Å². The molecule has 1 heterocycles. The van der Waals surface area contributed by atoms with Crippen LogP contribution in [0, 0.1) is 17.8 Å². The summed E-state index contributed by atoms with van der Waals surface area (Å²) < 4.78 is 2.09. The first-order valence-corrected chi connectivity index (χ1v) is 7.40. The van der Waals surface area contributed by atoms with E-state index in [1.54, 1.807) is 6.20 Å². The van der Waals surface area contributed by atoms with Crippen LogP contribution in [0.1, 0.15) is 44.2 Å². The minimum Gasteiger partial charge on any atom is -0.481 e. The average molecular weight is 260 g/mol. The van der Waals surface area contributed by atoms with Gasteiger partial charge in [-0.15, -0.1) is 0 Å². The summed E-state index contributed by atoms with van der Waals surface area (Å²) in [6.07, 6.45) is 9.71. The molecule has 0 unspecified atom stereocenters. The third-order valence-electron chi connectivity index (χ3n) is 5.51. The summed E-state index contributed by atoms with van der Waals surface area (Å²) in [6, 6.07) is 1.88. The highest BCUT2D eigenvalue weighted by Crippen LogP contribution is 2.58. The molecule has 4 aliphatic rings. The minimum atomic E-state index is -0.758. The van der Waals surface area contributed by atoms with E-state index in [0.717, 1.165) is 23.4 Å². The van der Waals surface area contributed by atoms with Gasteiger partial charge in [-0.2, -0.15) is 5.10 Å². The van der Waals surface area contributed by atoms with Gasteiger partial charge in [0.25, 0.3) is 0 Å². The van der Waals surface area contributed by atoms with Crippen molar-refractivity contribution in [3.05, 3.63) is 18.0 Å². The van der Waals surface area contributed by atoms with Crippen molar-refractivity contribution in [2.45, 2.75) is 50.5 Å². The van der Waals surface area contributed by atoms with E-state index in [9.17, 15) is 4.79 Å². The van der Waals surface area contributed by atoms with Crippen LogP contribution in [0.5, 0.6) is 0 Å². The van der Waals surface area contributed by atoms with Gasteiger partial charge in [0.05, 0.1) is 17.7 Å². The smallest absolute Gasteiger partial charge is 0.309 e. The predicted molar refractivity (Wildman–Crippen MR) is 69.7 cm³/mol. The second-order valence-corrected chi connectivity index (χ2v) is 6.95. The molecule has 0 saturated heterocycles. The Balaban J connectivity index is 1.72. The number of carboxylic acids is 1. The summed E-state index contributed by atoms with van der Waals surface area (Å²) in [5, 5.41) is 13.6. The molecule has 0 aromatic carbocycles. The van der Waals surface area contributed by atoms with Gasteiger partial charge in [-0.3, -0.25) is 9.48 Å². The maximum atomic E-state index is 11.0. The van der Waals surface area contributed by atoms with Gasteiger partial charge in [-0.05, 0) is 62.3 Å². The molecule has 0 spiro atoms. The van der Waals surface area contributed by atoms with Gasteiger partial charge >= 0.3 is 5.97 Å². The van der Waals surface area contributed by atoms with E-state index in [4.69, 9.17) is 5.11 Å². The summed E-state index contributed by atoms with van der Waals surface area (Å²) in [5.41, 5.74) is 1.03. The highest BCUT2D eigenvalue weighted by Gasteiger charge is 2.52. The number of aliphatic carboxylic acids is 1. The lowest BCUT2D eigenvalue weighted by Gasteiger charge is -2.57. The van der Waals surface area contributed by atoms with Gasteiger partial charge in [0, 0.05) is 6.20 Å². The molecule has 5 rings (SSSR count). The summed E-state index contributed by atoms with van der Waals surface area (Å²) >= 11 is 0. The molecule has 4 saturated carbocycles. The zero-order valence-corrected chi connectivity index (χ0v) is 11.1. The lowest BCUT2D eigenvalue weighted by Crippen LogP contribution is -2.52. The monoisotopic (exact) mass is 260 g/mol. The van der Waals surface area contributed by atoms with Crippen molar-refractivity contribution in [1.29, 1.82) is 0 Å². The van der Waals surface area contributed by atoms with Crippen molar-refractivity contribution in [2.24, 2.45) is 17.8 Å². The first-order valence-electron chi connectivity index (χ1n) is 7.40. The molecular formula is C15H20N2O2. The largest absolute Gasteiger partial charge is 0.481 e. The van der Waals surface area contributed by atoms with Crippen LogP contribution in [0.4, 0.5) is 0 Å². The number of carbonyl (C=O) groups is 1. The first-order chi connectivity index (χ1) is 9.14. The number of hydrogen-bond donors (Lipinski definition) is 1. The van der Waals surface area contributed by atoms with Crippen LogP contribution in [-0.4, -0.2) is 20.9 Å². The van der Waals surface area contributed by atoms with Crippen molar-refractivity contribution in [1.82, 2.24) is 9.78 Å². The highest BCUT2D eigenvalue weighted by molar-refractivity contribution is 5.69. The van der Waals surface area contributed by atoms with Gasteiger partial charge in [-0.1, -0.05) is 0 Å². The molecule has 1 aromatic rings. The zero-order chi connectivity index (χ0) is 13.0. The van der Waals surface area contributed by atoms with Gasteiger partial charge in [0.1, 0.15) is 0 Å². The van der Waals surface area contributed by atoms with Crippen LogP contribution in [0.15, 0.2) is 12.3 Å². The van der Waals surface area contributed by atoms with E-state index < -0.39 is 5.97 Å².